The summed E-state index contributed by atoms with van der Waals surface area (Å²) in [4.78, 5) is 25.6. The van der Waals surface area contributed by atoms with Crippen LogP contribution in [0.5, 0.6) is 0 Å². The van der Waals surface area contributed by atoms with Crippen LogP contribution >= 0.6 is 11.6 Å². The summed E-state index contributed by atoms with van der Waals surface area (Å²) >= 11 is 5.77. The smallest absolute Gasteiger partial charge is 0.252 e. The summed E-state index contributed by atoms with van der Waals surface area (Å²) in [6.07, 6.45) is -0.659. The third-order valence-electron chi connectivity index (χ3n) is 3.15. The Bertz CT molecular complexity index is 490. The molecule has 1 fully saturated rings. The van der Waals surface area contributed by atoms with Gasteiger partial charge in [-0.15, -0.1) is 0 Å². The number of amides is 2. The van der Waals surface area contributed by atoms with Gasteiger partial charge < -0.3 is 15.0 Å². The highest BCUT2D eigenvalue weighted by Gasteiger charge is 2.30. The Balaban J connectivity index is 1.90. The zero-order chi connectivity index (χ0) is 14.5. The van der Waals surface area contributed by atoms with Crippen molar-refractivity contribution in [1.82, 2.24) is 4.90 Å². The second-order valence-corrected chi connectivity index (χ2v) is 4.97. The lowest BCUT2D eigenvalue weighted by Crippen LogP contribution is -2.48. The van der Waals surface area contributed by atoms with E-state index in [-0.39, 0.29) is 18.2 Å². The van der Waals surface area contributed by atoms with Crippen LogP contribution in [-0.2, 0) is 14.3 Å². The number of carbonyl (C=O) groups excluding carboxylic acids is 2. The fourth-order valence-corrected chi connectivity index (χ4v) is 2.19. The summed E-state index contributed by atoms with van der Waals surface area (Å²) in [6, 6.07) is 6.81. The molecule has 20 heavy (non-hydrogen) atoms. The van der Waals surface area contributed by atoms with Crippen LogP contribution in [0.15, 0.2) is 24.3 Å². The zero-order valence-electron chi connectivity index (χ0n) is 11.3. The minimum absolute atomic E-state index is 0.0258. The lowest BCUT2D eigenvalue weighted by Gasteiger charge is -2.31. The number of benzene rings is 1. The van der Waals surface area contributed by atoms with Crippen molar-refractivity contribution in [3.63, 3.8) is 0 Å². The topological polar surface area (TPSA) is 58.6 Å². The van der Waals surface area contributed by atoms with Crippen LogP contribution in [-0.4, -0.2) is 42.5 Å². The summed E-state index contributed by atoms with van der Waals surface area (Å²) < 4.78 is 5.38. The van der Waals surface area contributed by atoms with E-state index in [0.29, 0.717) is 30.4 Å². The Morgan fingerprint density at radius 2 is 2.15 bits per heavy atom. The van der Waals surface area contributed by atoms with Gasteiger partial charge in [0.15, 0.2) is 0 Å². The van der Waals surface area contributed by atoms with Gasteiger partial charge in [0.05, 0.1) is 13.0 Å². The van der Waals surface area contributed by atoms with Crippen molar-refractivity contribution >= 4 is 29.1 Å². The quantitative estimate of drug-likeness (QED) is 0.923. The molecule has 1 aromatic rings. The van der Waals surface area contributed by atoms with E-state index in [9.17, 15) is 9.59 Å². The summed E-state index contributed by atoms with van der Waals surface area (Å²) in [5.41, 5.74) is 0.648. The number of rotatable bonds is 4. The third-order valence-corrected chi connectivity index (χ3v) is 3.40. The van der Waals surface area contributed by atoms with Gasteiger partial charge in [-0.25, -0.2) is 0 Å². The number of nitrogens with one attached hydrogen (secondary N) is 1. The number of ether oxygens (including phenoxy) is 1. The van der Waals surface area contributed by atoms with E-state index in [1.165, 1.54) is 0 Å². The van der Waals surface area contributed by atoms with E-state index in [0.717, 1.165) is 0 Å². The van der Waals surface area contributed by atoms with E-state index in [1.54, 1.807) is 29.2 Å². The van der Waals surface area contributed by atoms with E-state index in [2.05, 4.69) is 5.32 Å². The van der Waals surface area contributed by atoms with Crippen LogP contribution in [0.25, 0.3) is 0 Å². The van der Waals surface area contributed by atoms with Gasteiger partial charge in [-0.2, -0.15) is 0 Å². The Hall–Kier alpha value is -1.59. The van der Waals surface area contributed by atoms with Crippen molar-refractivity contribution in [1.29, 1.82) is 0 Å². The van der Waals surface area contributed by atoms with Gasteiger partial charge in [-0.05, 0) is 31.2 Å². The molecule has 1 atom stereocenters. The molecule has 0 saturated carbocycles. The van der Waals surface area contributed by atoms with E-state index in [1.807, 2.05) is 6.92 Å². The molecule has 5 nitrogen and oxygen atoms in total. The van der Waals surface area contributed by atoms with Gasteiger partial charge in [0.25, 0.3) is 5.91 Å². The average molecular weight is 297 g/mol. The number of anilines is 1. The second-order valence-electron chi connectivity index (χ2n) is 4.54. The van der Waals surface area contributed by atoms with Crippen LogP contribution in [0.2, 0.25) is 5.02 Å². The van der Waals surface area contributed by atoms with Crippen molar-refractivity contribution in [3.05, 3.63) is 29.3 Å². The number of morpholine rings is 1. The molecule has 1 aromatic carbocycles. The summed E-state index contributed by atoms with van der Waals surface area (Å²) in [7, 11) is 0. The monoisotopic (exact) mass is 296 g/mol. The molecule has 1 saturated heterocycles. The van der Waals surface area contributed by atoms with Crippen molar-refractivity contribution < 1.29 is 14.3 Å². The fourth-order valence-electron chi connectivity index (χ4n) is 2.06. The highest BCUT2D eigenvalue weighted by molar-refractivity contribution is 6.30. The maximum atomic E-state index is 12.0. The van der Waals surface area contributed by atoms with Crippen molar-refractivity contribution in [2.45, 2.75) is 19.4 Å². The Kier molecular flexibility index (Phi) is 4.98. The van der Waals surface area contributed by atoms with Crippen LogP contribution in [0.3, 0.4) is 0 Å². The SMILES string of the molecule is CCN1CCOC(CC(=O)Nc2ccc(Cl)cc2)C1=O. The van der Waals surface area contributed by atoms with Crippen molar-refractivity contribution in [2.75, 3.05) is 25.0 Å². The first kappa shape index (κ1) is 14.8. The molecule has 0 spiro atoms. The third kappa shape index (κ3) is 3.71. The van der Waals surface area contributed by atoms with E-state index in [4.69, 9.17) is 16.3 Å². The number of nitrogens with zero attached hydrogens (tertiary/aromatic N) is 1. The lowest BCUT2D eigenvalue weighted by molar-refractivity contribution is -0.154. The molecule has 2 amide bonds. The highest BCUT2D eigenvalue weighted by atomic mass is 35.5. The summed E-state index contributed by atoms with van der Waals surface area (Å²) in [5, 5.41) is 3.33. The van der Waals surface area contributed by atoms with E-state index >= 15 is 0 Å². The molecule has 1 unspecified atom stereocenters. The molecule has 0 aromatic heterocycles. The summed E-state index contributed by atoms with van der Waals surface area (Å²) in [5.74, 6) is -0.367. The average Bonchev–Trinajstić information content (AvgIpc) is 2.44. The minimum atomic E-state index is -0.684. The lowest BCUT2D eigenvalue weighted by atomic mass is 10.1. The molecule has 0 radical (unpaired) electrons. The van der Waals surface area contributed by atoms with Gasteiger partial charge in [-0.1, -0.05) is 11.6 Å². The van der Waals surface area contributed by atoms with Gasteiger partial charge in [-0.3, -0.25) is 9.59 Å². The first-order valence-electron chi connectivity index (χ1n) is 6.56. The standard InChI is InChI=1S/C14H17ClN2O3/c1-2-17-7-8-20-12(14(17)19)9-13(18)16-11-5-3-10(15)4-6-11/h3-6,12H,2,7-9H2,1H3,(H,16,18). The zero-order valence-corrected chi connectivity index (χ0v) is 12.0. The van der Waals surface area contributed by atoms with Gasteiger partial charge in [0.1, 0.15) is 6.10 Å². The molecule has 1 aliphatic rings. The Morgan fingerprint density at radius 3 is 2.80 bits per heavy atom. The van der Waals surface area contributed by atoms with Crippen LogP contribution < -0.4 is 5.32 Å². The number of carbonyl (C=O) groups is 2. The number of likely N-dealkylation sites (N-methyl/N-ethyl adjacent to an activating group) is 1. The molecule has 0 bridgehead atoms. The van der Waals surface area contributed by atoms with Crippen LogP contribution in [0.4, 0.5) is 5.69 Å². The maximum absolute atomic E-state index is 12.0. The number of hydrogen-bond acceptors (Lipinski definition) is 3. The molecule has 108 valence electrons. The van der Waals surface area contributed by atoms with Crippen molar-refractivity contribution in [3.8, 4) is 0 Å². The Morgan fingerprint density at radius 1 is 1.45 bits per heavy atom. The van der Waals surface area contributed by atoms with Crippen LogP contribution in [0, 0.1) is 0 Å². The normalized spacial score (nSPS) is 19.0. The molecule has 1 aliphatic heterocycles. The second kappa shape index (κ2) is 6.72. The minimum Gasteiger partial charge on any atom is -0.366 e. The fraction of sp³-hybridized carbons (Fsp3) is 0.429. The molecular formula is C14H17ClN2O3. The van der Waals surface area contributed by atoms with Gasteiger partial charge in [0, 0.05) is 23.8 Å². The van der Waals surface area contributed by atoms with Gasteiger partial charge in [0.2, 0.25) is 5.91 Å². The molecule has 0 aliphatic carbocycles. The number of halogens is 1. The first-order chi connectivity index (χ1) is 9.60. The maximum Gasteiger partial charge on any atom is 0.252 e. The predicted octanol–water partition coefficient (Wildman–Crippen LogP) is 1.92. The Labute approximate surface area is 122 Å². The largest absolute Gasteiger partial charge is 0.366 e. The number of hydrogen-bond donors (Lipinski definition) is 1. The summed E-state index contributed by atoms with van der Waals surface area (Å²) in [6.45, 7) is 3.61. The molecular weight excluding hydrogens is 280 g/mol. The molecule has 1 heterocycles. The predicted molar refractivity (Wildman–Crippen MR) is 76.7 cm³/mol. The molecule has 6 heteroatoms. The first-order valence-corrected chi connectivity index (χ1v) is 6.93. The van der Waals surface area contributed by atoms with E-state index < -0.39 is 6.10 Å². The van der Waals surface area contributed by atoms with Gasteiger partial charge >= 0.3 is 0 Å². The molecule has 1 N–H and O–H groups in total. The highest BCUT2D eigenvalue weighted by Crippen LogP contribution is 2.15. The molecule has 2 rings (SSSR count). The van der Waals surface area contributed by atoms with Crippen molar-refractivity contribution in [2.24, 2.45) is 0 Å². The van der Waals surface area contributed by atoms with Crippen LogP contribution in [0.1, 0.15) is 13.3 Å².